The number of ether oxygens (including phenoxy) is 3. The van der Waals surface area contributed by atoms with Crippen LogP contribution in [0.25, 0.3) is 0 Å². The van der Waals surface area contributed by atoms with Gasteiger partial charge in [-0.2, -0.15) is 0 Å². The number of hydrogen-bond acceptors (Lipinski definition) is 4. The molecule has 1 aromatic carbocycles. The third kappa shape index (κ3) is 6.95. The lowest BCUT2D eigenvalue weighted by molar-refractivity contribution is -0.0172. The van der Waals surface area contributed by atoms with Gasteiger partial charge in [0.1, 0.15) is 11.6 Å². The Labute approximate surface area is 196 Å². The van der Waals surface area contributed by atoms with E-state index in [0.29, 0.717) is 25.0 Å². The van der Waals surface area contributed by atoms with Gasteiger partial charge in [0.25, 0.3) is 0 Å². The number of guanidine groups is 1. The van der Waals surface area contributed by atoms with Crippen LogP contribution in [0.1, 0.15) is 50.2 Å². The quantitative estimate of drug-likeness (QED) is 0.217. The van der Waals surface area contributed by atoms with Gasteiger partial charge in [0.15, 0.2) is 12.8 Å². The largest absolute Gasteiger partial charge is 0.467 e. The van der Waals surface area contributed by atoms with Gasteiger partial charge >= 0.3 is 0 Å². The molecule has 1 heterocycles. The summed E-state index contributed by atoms with van der Waals surface area (Å²) in [5.41, 5.74) is 1.92. The van der Waals surface area contributed by atoms with Crippen LogP contribution < -0.4 is 15.4 Å². The average molecular weight is 535 g/mol. The molecule has 1 saturated carbocycles. The van der Waals surface area contributed by atoms with E-state index in [2.05, 4.69) is 15.6 Å². The molecule has 8 heteroatoms. The summed E-state index contributed by atoms with van der Waals surface area (Å²) in [6.45, 7) is 5.78. The van der Waals surface area contributed by atoms with Gasteiger partial charge in [0.05, 0.1) is 6.61 Å². The van der Waals surface area contributed by atoms with Crippen molar-refractivity contribution >= 4 is 29.9 Å². The van der Waals surface area contributed by atoms with Crippen LogP contribution in [0.2, 0.25) is 0 Å². The Bertz CT molecular complexity index is 696. The zero-order valence-electron chi connectivity index (χ0n) is 18.1. The van der Waals surface area contributed by atoms with Gasteiger partial charge in [-0.3, -0.25) is 4.99 Å². The molecule has 0 radical (unpaired) electrons. The third-order valence-electron chi connectivity index (χ3n) is 5.94. The van der Waals surface area contributed by atoms with Crippen LogP contribution in [0.5, 0.6) is 5.75 Å². The number of benzene rings is 1. The van der Waals surface area contributed by atoms with Gasteiger partial charge < -0.3 is 24.8 Å². The first-order valence-corrected chi connectivity index (χ1v) is 10.7. The van der Waals surface area contributed by atoms with Gasteiger partial charge in [-0.05, 0) is 55.7 Å². The normalized spacial score (nSPS) is 17.6. The Balaban J connectivity index is 0.00000320. The van der Waals surface area contributed by atoms with E-state index in [1.54, 1.807) is 13.1 Å². The zero-order chi connectivity index (χ0) is 20.5. The van der Waals surface area contributed by atoms with Crippen LogP contribution >= 0.6 is 24.0 Å². The van der Waals surface area contributed by atoms with Gasteiger partial charge in [0.2, 0.25) is 0 Å². The van der Waals surface area contributed by atoms with Crippen molar-refractivity contribution in [1.29, 1.82) is 0 Å². The minimum absolute atomic E-state index is 0. The predicted octanol–water partition coefficient (Wildman–Crippen LogP) is 4.00. The van der Waals surface area contributed by atoms with Gasteiger partial charge in [0, 0.05) is 38.9 Å². The molecule has 0 atom stereocenters. The summed E-state index contributed by atoms with van der Waals surface area (Å²) in [5, 5.41) is 6.85. The average Bonchev–Trinajstić information content (AvgIpc) is 3.19. The van der Waals surface area contributed by atoms with Gasteiger partial charge in [-0.15, -0.1) is 24.0 Å². The Morgan fingerprint density at radius 1 is 1.27 bits per heavy atom. The minimum Gasteiger partial charge on any atom is -0.467 e. The Hall–Kier alpha value is -1.13. The Kier molecular flexibility index (Phi) is 10.6. The van der Waals surface area contributed by atoms with Crippen LogP contribution in [0.4, 0.5) is 4.39 Å². The molecule has 2 aliphatic rings. The SMILES string of the molecule is CCOCCC1(CNC(=NC)NCCc2cc(F)cc3c2OCOC3)CCCC1.I. The molecule has 0 amide bonds. The molecule has 3 rings (SSSR count). The molecule has 30 heavy (non-hydrogen) atoms. The van der Waals surface area contributed by atoms with E-state index in [-0.39, 0.29) is 36.6 Å². The first-order valence-electron chi connectivity index (χ1n) is 10.7. The molecular formula is C22H35FIN3O3. The molecule has 1 aromatic rings. The highest BCUT2D eigenvalue weighted by atomic mass is 127. The molecular weight excluding hydrogens is 500 g/mol. The van der Waals surface area contributed by atoms with Crippen molar-refractivity contribution in [3.8, 4) is 5.75 Å². The molecule has 0 saturated heterocycles. The van der Waals surface area contributed by atoms with Crippen molar-refractivity contribution in [1.82, 2.24) is 10.6 Å². The fourth-order valence-electron chi connectivity index (χ4n) is 4.32. The topological polar surface area (TPSA) is 64.1 Å². The molecule has 1 aliphatic carbocycles. The number of fused-ring (bicyclic) bond motifs is 1. The van der Waals surface area contributed by atoms with E-state index in [9.17, 15) is 4.39 Å². The van der Waals surface area contributed by atoms with Crippen LogP contribution in [0.3, 0.4) is 0 Å². The van der Waals surface area contributed by atoms with E-state index in [1.807, 2.05) is 6.92 Å². The summed E-state index contributed by atoms with van der Waals surface area (Å²) in [5.74, 6) is 1.28. The van der Waals surface area contributed by atoms with Crippen molar-refractivity contribution in [2.45, 2.75) is 52.1 Å². The number of nitrogens with zero attached hydrogens (tertiary/aromatic N) is 1. The van der Waals surface area contributed by atoms with Crippen LogP contribution in [0, 0.1) is 11.2 Å². The second-order valence-electron chi connectivity index (χ2n) is 7.92. The smallest absolute Gasteiger partial charge is 0.191 e. The van der Waals surface area contributed by atoms with Crippen molar-refractivity contribution in [3.63, 3.8) is 0 Å². The van der Waals surface area contributed by atoms with Crippen molar-refractivity contribution in [3.05, 3.63) is 29.1 Å². The number of halogens is 2. The Morgan fingerprint density at radius 2 is 2.07 bits per heavy atom. The number of hydrogen-bond donors (Lipinski definition) is 2. The van der Waals surface area contributed by atoms with E-state index in [1.165, 1.54) is 31.7 Å². The van der Waals surface area contributed by atoms with Crippen LogP contribution in [-0.2, 0) is 22.5 Å². The van der Waals surface area contributed by atoms with Crippen LogP contribution in [0.15, 0.2) is 17.1 Å². The highest BCUT2D eigenvalue weighted by molar-refractivity contribution is 14.0. The predicted molar refractivity (Wildman–Crippen MR) is 127 cm³/mol. The molecule has 1 aliphatic heterocycles. The highest BCUT2D eigenvalue weighted by Crippen LogP contribution is 2.40. The second-order valence-corrected chi connectivity index (χ2v) is 7.92. The molecule has 2 N–H and O–H groups in total. The third-order valence-corrected chi connectivity index (χ3v) is 5.94. The summed E-state index contributed by atoms with van der Waals surface area (Å²) in [6.07, 6.45) is 6.77. The summed E-state index contributed by atoms with van der Waals surface area (Å²) in [4.78, 5) is 4.35. The molecule has 6 nitrogen and oxygen atoms in total. The fourth-order valence-corrected chi connectivity index (χ4v) is 4.32. The van der Waals surface area contributed by atoms with E-state index >= 15 is 0 Å². The van der Waals surface area contributed by atoms with Crippen molar-refractivity contribution < 1.29 is 18.6 Å². The lowest BCUT2D eigenvalue weighted by Crippen LogP contribution is -2.44. The monoisotopic (exact) mass is 535 g/mol. The molecule has 0 aromatic heterocycles. The molecule has 0 bridgehead atoms. The summed E-state index contributed by atoms with van der Waals surface area (Å²) in [6, 6.07) is 3.03. The van der Waals surface area contributed by atoms with Crippen molar-refractivity contribution in [2.75, 3.05) is 40.1 Å². The van der Waals surface area contributed by atoms with E-state index < -0.39 is 0 Å². The van der Waals surface area contributed by atoms with E-state index in [0.717, 1.165) is 49.0 Å². The molecule has 0 unspecified atom stereocenters. The number of aliphatic imine (C=N–C) groups is 1. The lowest BCUT2D eigenvalue weighted by atomic mass is 9.83. The van der Waals surface area contributed by atoms with Crippen molar-refractivity contribution in [2.24, 2.45) is 10.4 Å². The fraction of sp³-hybridized carbons (Fsp3) is 0.682. The number of rotatable bonds is 9. The maximum absolute atomic E-state index is 13.9. The van der Waals surface area contributed by atoms with Gasteiger partial charge in [-0.1, -0.05) is 12.8 Å². The number of nitrogens with one attached hydrogen (secondary N) is 2. The van der Waals surface area contributed by atoms with Gasteiger partial charge in [-0.25, -0.2) is 4.39 Å². The maximum atomic E-state index is 13.9. The second kappa shape index (κ2) is 12.7. The highest BCUT2D eigenvalue weighted by Gasteiger charge is 2.33. The standard InChI is InChI=1S/C22H34FN3O3.HI/c1-3-27-11-9-22(7-4-5-8-22)15-26-21(24-2)25-10-6-17-12-19(23)13-18-14-28-16-29-20(17)18;/h12-13H,3-11,14-16H2,1-2H3,(H2,24,25,26);1H. The lowest BCUT2D eigenvalue weighted by Gasteiger charge is -2.30. The molecule has 0 spiro atoms. The summed E-state index contributed by atoms with van der Waals surface area (Å²) in [7, 11) is 1.78. The maximum Gasteiger partial charge on any atom is 0.191 e. The van der Waals surface area contributed by atoms with E-state index in [4.69, 9.17) is 14.2 Å². The zero-order valence-corrected chi connectivity index (χ0v) is 20.4. The summed E-state index contributed by atoms with van der Waals surface area (Å²) >= 11 is 0. The molecule has 170 valence electrons. The molecule has 1 fully saturated rings. The first-order chi connectivity index (χ1) is 14.2. The first kappa shape index (κ1) is 25.1. The van der Waals surface area contributed by atoms with Crippen LogP contribution in [-0.4, -0.2) is 46.1 Å². The Morgan fingerprint density at radius 3 is 2.80 bits per heavy atom. The summed E-state index contributed by atoms with van der Waals surface area (Å²) < 4.78 is 30.3. The minimum atomic E-state index is -0.257.